The number of amides is 1. The van der Waals surface area contributed by atoms with Crippen molar-refractivity contribution in [1.82, 2.24) is 35.6 Å². The van der Waals surface area contributed by atoms with Crippen LogP contribution in [0.5, 0.6) is 5.75 Å². The zero-order valence-electron chi connectivity index (χ0n) is 22.0. The molecule has 208 valence electrons. The zero-order chi connectivity index (χ0) is 28.0. The maximum Gasteiger partial charge on any atom is 0.292 e. The van der Waals surface area contributed by atoms with Gasteiger partial charge in [-0.05, 0) is 38.8 Å². The summed E-state index contributed by atoms with van der Waals surface area (Å²) < 4.78 is 17.5. The number of nitrogens with one attached hydrogen (secondary N) is 1. The molecule has 0 unspecified atom stereocenters. The number of anilines is 1. The second kappa shape index (κ2) is 11.9. The van der Waals surface area contributed by atoms with E-state index in [1.165, 1.54) is 10.9 Å². The van der Waals surface area contributed by atoms with Gasteiger partial charge in [-0.2, -0.15) is 9.78 Å². The van der Waals surface area contributed by atoms with Crippen molar-refractivity contribution < 1.29 is 18.9 Å². The summed E-state index contributed by atoms with van der Waals surface area (Å²) in [6.45, 7) is 3.36. The van der Waals surface area contributed by atoms with Crippen molar-refractivity contribution in [2.24, 2.45) is 5.10 Å². The number of carbonyl (C=O) groups is 1. The molecule has 13 heteroatoms. The molecule has 3 heterocycles. The number of morpholine rings is 1. The van der Waals surface area contributed by atoms with Crippen molar-refractivity contribution in [2.75, 3.05) is 32.0 Å². The van der Waals surface area contributed by atoms with Gasteiger partial charge in [0.2, 0.25) is 11.6 Å². The normalized spacial score (nSPS) is 14.0. The minimum Gasteiger partial charge on any atom is -0.488 e. The lowest BCUT2D eigenvalue weighted by atomic mass is 10.1. The van der Waals surface area contributed by atoms with E-state index in [0.29, 0.717) is 56.5 Å². The molecular formula is C28H27N9O4. The number of hydrazone groups is 1. The molecule has 0 bridgehead atoms. The van der Waals surface area contributed by atoms with Crippen molar-refractivity contribution >= 4 is 28.7 Å². The zero-order valence-corrected chi connectivity index (χ0v) is 22.0. The SMILES string of the molecule is Nc1nonc1-n1nnc(CN2CCOCC2)c1C(=O)N/N=C/c1ccccc1OCc1cccc2ccccc12. The molecule has 3 aromatic carbocycles. The number of fused-ring (bicyclic) bond motifs is 1. The number of hydrogen-bond acceptors (Lipinski definition) is 11. The Bertz CT molecular complexity index is 1690. The number of nitrogens with two attached hydrogens (primary N) is 1. The summed E-state index contributed by atoms with van der Waals surface area (Å²) in [6.07, 6.45) is 1.53. The summed E-state index contributed by atoms with van der Waals surface area (Å²) >= 11 is 0. The molecular weight excluding hydrogens is 526 g/mol. The number of nitrogens with zero attached hydrogens (tertiary/aromatic N) is 7. The summed E-state index contributed by atoms with van der Waals surface area (Å²) in [4.78, 5) is 15.5. The van der Waals surface area contributed by atoms with Gasteiger partial charge in [0.15, 0.2) is 5.69 Å². The van der Waals surface area contributed by atoms with Crippen molar-refractivity contribution in [1.29, 1.82) is 0 Å². The fraction of sp³-hybridized carbons (Fsp3) is 0.214. The van der Waals surface area contributed by atoms with Crippen LogP contribution in [-0.4, -0.2) is 68.6 Å². The molecule has 0 radical (unpaired) electrons. The summed E-state index contributed by atoms with van der Waals surface area (Å²) in [7, 11) is 0. The smallest absolute Gasteiger partial charge is 0.292 e. The second-order valence-electron chi connectivity index (χ2n) is 9.32. The minimum atomic E-state index is -0.550. The van der Waals surface area contributed by atoms with Crippen LogP contribution in [-0.2, 0) is 17.9 Å². The Hall–Kier alpha value is -5.14. The number of nitrogen functional groups attached to an aromatic ring is 1. The van der Waals surface area contributed by atoms with E-state index in [1.807, 2.05) is 48.5 Å². The highest BCUT2D eigenvalue weighted by atomic mass is 16.6. The average Bonchev–Trinajstić information content (AvgIpc) is 3.62. The van der Waals surface area contributed by atoms with Gasteiger partial charge in [0, 0.05) is 25.2 Å². The Morgan fingerprint density at radius 1 is 1.05 bits per heavy atom. The number of para-hydroxylation sites is 1. The predicted octanol–water partition coefficient (Wildman–Crippen LogP) is 2.56. The highest BCUT2D eigenvalue weighted by Crippen LogP contribution is 2.23. The van der Waals surface area contributed by atoms with E-state index >= 15 is 0 Å². The molecule has 1 amide bonds. The van der Waals surface area contributed by atoms with Gasteiger partial charge in [-0.1, -0.05) is 59.8 Å². The van der Waals surface area contributed by atoms with Gasteiger partial charge in [-0.15, -0.1) is 5.10 Å². The van der Waals surface area contributed by atoms with Crippen LogP contribution in [0.25, 0.3) is 16.6 Å². The quantitative estimate of drug-likeness (QED) is 0.205. The monoisotopic (exact) mass is 553 g/mol. The van der Waals surface area contributed by atoms with Crippen molar-refractivity contribution in [2.45, 2.75) is 13.2 Å². The van der Waals surface area contributed by atoms with Gasteiger partial charge in [-0.3, -0.25) is 9.69 Å². The Morgan fingerprint density at radius 3 is 2.71 bits per heavy atom. The molecule has 0 spiro atoms. The molecule has 6 rings (SSSR count). The first-order chi connectivity index (χ1) is 20.2. The molecule has 1 saturated heterocycles. The Morgan fingerprint density at radius 2 is 1.85 bits per heavy atom. The van der Waals surface area contributed by atoms with E-state index in [1.54, 1.807) is 0 Å². The number of rotatable bonds is 9. The van der Waals surface area contributed by atoms with Crippen molar-refractivity contribution in [3.8, 4) is 11.6 Å². The van der Waals surface area contributed by atoms with E-state index < -0.39 is 5.91 Å². The average molecular weight is 554 g/mol. The second-order valence-corrected chi connectivity index (χ2v) is 9.32. The Kier molecular flexibility index (Phi) is 7.60. The van der Waals surface area contributed by atoms with Gasteiger partial charge in [0.1, 0.15) is 18.1 Å². The Labute approximate surface area is 234 Å². The lowest BCUT2D eigenvalue weighted by Crippen LogP contribution is -2.36. The molecule has 5 aromatic rings. The molecule has 3 N–H and O–H groups in total. The van der Waals surface area contributed by atoms with Crippen LogP contribution in [0.2, 0.25) is 0 Å². The molecule has 0 saturated carbocycles. The van der Waals surface area contributed by atoms with Crippen LogP contribution in [0.15, 0.2) is 76.5 Å². The third-order valence-corrected chi connectivity index (χ3v) is 6.68. The van der Waals surface area contributed by atoms with E-state index in [-0.39, 0.29) is 17.3 Å². The topological polar surface area (TPSA) is 159 Å². The van der Waals surface area contributed by atoms with E-state index in [0.717, 1.165) is 16.3 Å². The first-order valence-corrected chi connectivity index (χ1v) is 13.0. The lowest BCUT2D eigenvalue weighted by Gasteiger charge is -2.25. The maximum absolute atomic E-state index is 13.4. The van der Waals surface area contributed by atoms with E-state index in [2.05, 4.69) is 54.3 Å². The Balaban J connectivity index is 1.20. The van der Waals surface area contributed by atoms with Gasteiger partial charge in [-0.25, -0.2) is 10.1 Å². The fourth-order valence-electron chi connectivity index (χ4n) is 4.61. The van der Waals surface area contributed by atoms with Crippen molar-refractivity contribution in [3.63, 3.8) is 0 Å². The molecule has 41 heavy (non-hydrogen) atoms. The summed E-state index contributed by atoms with van der Waals surface area (Å²) in [5, 5.41) is 22.2. The molecule has 13 nitrogen and oxygen atoms in total. The molecule has 2 aromatic heterocycles. The molecule has 1 aliphatic heterocycles. The van der Waals surface area contributed by atoms with Crippen LogP contribution in [0.1, 0.15) is 27.3 Å². The third kappa shape index (κ3) is 5.76. The fourth-order valence-corrected chi connectivity index (χ4v) is 4.61. The summed E-state index contributed by atoms with van der Waals surface area (Å²) in [5.41, 5.74) is 10.8. The number of ether oxygens (including phenoxy) is 2. The van der Waals surface area contributed by atoms with Gasteiger partial charge in [0.05, 0.1) is 19.4 Å². The molecule has 0 atom stereocenters. The van der Waals surface area contributed by atoms with Crippen LogP contribution in [0.3, 0.4) is 0 Å². The minimum absolute atomic E-state index is 0.0253. The van der Waals surface area contributed by atoms with Crippen LogP contribution >= 0.6 is 0 Å². The van der Waals surface area contributed by atoms with Gasteiger partial charge >= 0.3 is 0 Å². The molecule has 0 aliphatic carbocycles. The first kappa shape index (κ1) is 26.1. The van der Waals surface area contributed by atoms with Crippen LogP contribution in [0, 0.1) is 0 Å². The molecule has 1 aliphatic rings. The van der Waals surface area contributed by atoms with Crippen molar-refractivity contribution in [3.05, 3.63) is 89.2 Å². The number of aromatic nitrogens is 5. The predicted molar refractivity (Wildman–Crippen MR) is 150 cm³/mol. The lowest BCUT2D eigenvalue weighted by molar-refractivity contribution is 0.0335. The molecule has 1 fully saturated rings. The standard InChI is InChI=1S/C28H27N9O4/c29-26-27(34-41-33-26)37-25(23(31-35-37)17-36-12-14-39-15-13-36)28(38)32-30-16-20-7-2-4-11-24(20)40-18-21-9-5-8-19-6-1-3-10-22(19)21/h1-11,16H,12-15,17-18H2,(H2,29,33)(H,32,38)/b30-16+. The first-order valence-electron chi connectivity index (χ1n) is 13.0. The van der Waals surface area contributed by atoms with Crippen LogP contribution < -0.4 is 15.9 Å². The number of benzene rings is 3. The van der Waals surface area contributed by atoms with Crippen LogP contribution in [0.4, 0.5) is 5.82 Å². The largest absolute Gasteiger partial charge is 0.488 e. The highest BCUT2D eigenvalue weighted by molar-refractivity contribution is 5.95. The number of carbonyl (C=O) groups excluding carboxylic acids is 1. The maximum atomic E-state index is 13.4. The highest BCUT2D eigenvalue weighted by Gasteiger charge is 2.26. The van der Waals surface area contributed by atoms with Gasteiger partial charge in [0.25, 0.3) is 5.91 Å². The van der Waals surface area contributed by atoms with Gasteiger partial charge < -0.3 is 15.2 Å². The van der Waals surface area contributed by atoms with E-state index in [9.17, 15) is 4.79 Å². The number of hydrogen-bond donors (Lipinski definition) is 2. The van der Waals surface area contributed by atoms with E-state index in [4.69, 9.17) is 19.8 Å². The summed E-state index contributed by atoms with van der Waals surface area (Å²) in [6, 6.07) is 21.8. The third-order valence-electron chi connectivity index (χ3n) is 6.68. The summed E-state index contributed by atoms with van der Waals surface area (Å²) in [5.74, 6) is 0.111.